The predicted octanol–water partition coefficient (Wildman–Crippen LogP) is 2.08. The lowest BCUT2D eigenvalue weighted by molar-refractivity contribution is 0.0739. The van der Waals surface area contributed by atoms with E-state index in [9.17, 15) is 5.26 Å². The molecule has 90 valence electrons. The predicted molar refractivity (Wildman–Crippen MR) is 62.9 cm³/mol. The van der Waals surface area contributed by atoms with E-state index in [1.807, 2.05) is 0 Å². The summed E-state index contributed by atoms with van der Waals surface area (Å²) in [4.78, 5) is 0. The van der Waals surface area contributed by atoms with Crippen LogP contribution in [0.25, 0.3) is 0 Å². The molecule has 0 aromatic heterocycles. The molecule has 0 aromatic rings. The highest BCUT2D eigenvalue weighted by Gasteiger charge is 2.45. The minimum absolute atomic E-state index is 0.398. The summed E-state index contributed by atoms with van der Waals surface area (Å²) in [5.74, 6) is 1.30. The van der Waals surface area contributed by atoms with Gasteiger partial charge in [-0.1, -0.05) is 6.92 Å². The summed E-state index contributed by atoms with van der Waals surface area (Å²) < 4.78 is 5.73. The van der Waals surface area contributed by atoms with Crippen LogP contribution in [0.1, 0.15) is 39.0 Å². The summed E-state index contributed by atoms with van der Waals surface area (Å²) in [6, 6.07) is 2.47. The van der Waals surface area contributed by atoms with Gasteiger partial charge in [0, 0.05) is 6.61 Å². The molecular weight excluding hydrogens is 200 g/mol. The molecule has 0 aliphatic heterocycles. The van der Waals surface area contributed by atoms with Gasteiger partial charge in [-0.2, -0.15) is 5.26 Å². The van der Waals surface area contributed by atoms with Crippen molar-refractivity contribution in [1.29, 1.82) is 5.26 Å². The zero-order valence-electron chi connectivity index (χ0n) is 10.2. The number of ether oxygens (including phenoxy) is 1. The molecule has 0 radical (unpaired) electrons. The third kappa shape index (κ3) is 2.96. The largest absolute Gasteiger partial charge is 0.378 e. The van der Waals surface area contributed by atoms with Gasteiger partial charge >= 0.3 is 0 Å². The molecule has 0 amide bonds. The van der Waals surface area contributed by atoms with Crippen molar-refractivity contribution in [3.63, 3.8) is 0 Å². The molecule has 0 spiro atoms. The second-order valence-electron chi connectivity index (χ2n) is 5.24. The fourth-order valence-corrected chi connectivity index (χ4v) is 2.07. The normalized spacial score (nSPS) is 23.8. The summed E-state index contributed by atoms with van der Waals surface area (Å²) in [5, 5.41) is 12.8. The van der Waals surface area contributed by atoms with Crippen molar-refractivity contribution in [3.05, 3.63) is 0 Å². The average molecular weight is 222 g/mol. The molecule has 16 heavy (non-hydrogen) atoms. The van der Waals surface area contributed by atoms with E-state index in [1.54, 1.807) is 0 Å². The molecule has 1 N–H and O–H groups in total. The Kier molecular flexibility index (Phi) is 3.83. The molecule has 1 atom stereocenters. The Morgan fingerprint density at radius 1 is 1.38 bits per heavy atom. The zero-order valence-corrected chi connectivity index (χ0v) is 10.2. The van der Waals surface area contributed by atoms with E-state index in [-0.39, 0.29) is 0 Å². The molecule has 2 saturated carbocycles. The summed E-state index contributed by atoms with van der Waals surface area (Å²) in [7, 11) is 0. The minimum Gasteiger partial charge on any atom is -0.378 e. The first-order chi connectivity index (χ1) is 7.80. The van der Waals surface area contributed by atoms with Gasteiger partial charge in [-0.3, -0.25) is 5.32 Å². The first-order valence-electron chi connectivity index (χ1n) is 6.55. The first-order valence-corrected chi connectivity index (χ1v) is 6.55. The third-order valence-electron chi connectivity index (χ3n) is 3.54. The smallest absolute Gasteiger partial charge is 0.133 e. The Balaban J connectivity index is 1.81. The van der Waals surface area contributed by atoms with Crippen molar-refractivity contribution in [3.8, 4) is 6.07 Å². The van der Waals surface area contributed by atoms with Gasteiger partial charge in [-0.05, 0) is 50.5 Å². The Morgan fingerprint density at radius 2 is 2.12 bits per heavy atom. The van der Waals surface area contributed by atoms with Gasteiger partial charge < -0.3 is 4.74 Å². The van der Waals surface area contributed by atoms with Gasteiger partial charge in [0.05, 0.1) is 12.7 Å². The van der Waals surface area contributed by atoms with E-state index in [0.717, 1.165) is 25.5 Å². The minimum atomic E-state index is -0.398. The van der Waals surface area contributed by atoms with Crippen LogP contribution in [0.5, 0.6) is 0 Å². The highest BCUT2D eigenvalue weighted by Crippen LogP contribution is 2.40. The quantitative estimate of drug-likeness (QED) is 0.684. The number of hydrogen-bond donors (Lipinski definition) is 1. The molecule has 0 bridgehead atoms. The summed E-state index contributed by atoms with van der Waals surface area (Å²) in [6.07, 6.45) is 6.05. The van der Waals surface area contributed by atoms with Crippen LogP contribution in [0.4, 0.5) is 0 Å². The van der Waals surface area contributed by atoms with Crippen molar-refractivity contribution in [2.45, 2.75) is 44.6 Å². The van der Waals surface area contributed by atoms with E-state index in [4.69, 9.17) is 4.74 Å². The summed E-state index contributed by atoms with van der Waals surface area (Å²) in [6.45, 7) is 4.47. The van der Waals surface area contributed by atoms with Gasteiger partial charge in [-0.25, -0.2) is 0 Å². The molecule has 2 fully saturated rings. The maximum Gasteiger partial charge on any atom is 0.133 e. The standard InChI is InChI=1S/C13H22N2O/c1-2-7-15-13(9-14,12-5-6-12)10-16-8-11-3-4-11/h11-12,15H,2-8,10H2,1H3. The zero-order chi connectivity index (χ0) is 11.4. The topological polar surface area (TPSA) is 45.0 Å². The highest BCUT2D eigenvalue weighted by molar-refractivity contribution is 5.15. The number of rotatable bonds is 8. The monoisotopic (exact) mass is 222 g/mol. The van der Waals surface area contributed by atoms with E-state index < -0.39 is 5.54 Å². The molecule has 0 aromatic carbocycles. The molecule has 1 unspecified atom stereocenters. The highest BCUT2D eigenvalue weighted by atomic mass is 16.5. The number of nitrogens with zero attached hydrogens (tertiary/aromatic N) is 1. The van der Waals surface area contributed by atoms with Crippen molar-refractivity contribution in [1.82, 2.24) is 5.32 Å². The van der Waals surface area contributed by atoms with Crippen LogP contribution in [-0.2, 0) is 4.74 Å². The van der Waals surface area contributed by atoms with Crippen LogP contribution < -0.4 is 5.32 Å². The van der Waals surface area contributed by atoms with Gasteiger partial charge in [0.1, 0.15) is 5.54 Å². The van der Waals surface area contributed by atoms with Crippen LogP contribution >= 0.6 is 0 Å². The summed E-state index contributed by atoms with van der Waals surface area (Å²) in [5.41, 5.74) is -0.398. The summed E-state index contributed by atoms with van der Waals surface area (Å²) >= 11 is 0. The molecule has 0 saturated heterocycles. The Hall–Kier alpha value is -0.590. The molecule has 2 aliphatic rings. The SMILES string of the molecule is CCCNC(C#N)(COCC1CC1)C1CC1. The lowest BCUT2D eigenvalue weighted by Gasteiger charge is -2.27. The van der Waals surface area contributed by atoms with E-state index in [2.05, 4.69) is 18.3 Å². The number of nitriles is 1. The molecule has 0 heterocycles. The fourth-order valence-electron chi connectivity index (χ4n) is 2.07. The second kappa shape index (κ2) is 5.16. The maximum atomic E-state index is 9.40. The molecule has 2 rings (SSSR count). The fraction of sp³-hybridized carbons (Fsp3) is 0.923. The molecular formula is C13H22N2O. The van der Waals surface area contributed by atoms with Gasteiger partial charge in [0.2, 0.25) is 0 Å². The van der Waals surface area contributed by atoms with Gasteiger partial charge in [0.15, 0.2) is 0 Å². The van der Waals surface area contributed by atoms with Crippen molar-refractivity contribution >= 4 is 0 Å². The van der Waals surface area contributed by atoms with E-state index in [1.165, 1.54) is 25.7 Å². The average Bonchev–Trinajstić information content (AvgIpc) is 3.16. The molecule has 2 aliphatic carbocycles. The number of nitrogens with one attached hydrogen (secondary N) is 1. The van der Waals surface area contributed by atoms with E-state index >= 15 is 0 Å². The van der Waals surface area contributed by atoms with Crippen molar-refractivity contribution in [2.75, 3.05) is 19.8 Å². The van der Waals surface area contributed by atoms with Crippen LogP contribution in [-0.4, -0.2) is 25.3 Å². The lowest BCUT2D eigenvalue weighted by atomic mass is 9.96. The Labute approximate surface area is 98.2 Å². The van der Waals surface area contributed by atoms with Crippen molar-refractivity contribution < 1.29 is 4.74 Å². The van der Waals surface area contributed by atoms with Crippen molar-refractivity contribution in [2.24, 2.45) is 11.8 Å². The Morgan fingerprint density at radius 3 is 2.62 bits per heavy atom. The van der Waals surface area contributed by atoms with Gasteiger partial charge in [0.25, 0.3) is 0 Å². The lowest BCUT2D eigenvalue weighted by Crippen LogP contribution is -2.50. The van der Waals surface area contributed by atoms with E-state index in [0.29, 0.717) is 12.5 Å². The number of hydrogen-bond acceptors (Lipinski definition) is 3. The molecule has 3 nitrogen and oxygen atoms in total. The third-order valence-corrected chi connectivity index (χ3v) is 3.54. The van der Waals surface area contributed by atoms with Crippen LogP contribution in [0.2, 0.25) is 0 Å². The van der Waals surface area contributed by atoms with Crippen LogP contribution in [0.15, 0.2) is 0 Å². The van der Waals surface area contributed by atoms with Crippen LogP contribution in [0, 0.1) is 23.2 Å². The maximum absolute atomic E-state index is 9.40. The second-order valence-corrected chi connectivity index (χ2v) is 5.24. The first kappa shape index (κ1) is 11.9. The van der Waals surface area contributed by atoms with Crippen LogP contribution in [0.3, 0.4) is 0 Å². The van der Waals surface area contributed by atoms with Gasteiger partial charge in [-0.15, -0.1) is 0 Å². The molecule has 3 heteroatoms. The Bertz CT molecular complexity index is 266.